The summed E-state index contributed by atoms with van der Waals surface area (Å²) in [6, 6.07) is 11.8. The number of carbonyl (C=O) groups excluding carboxylic acids is 1. The van der Waals surface area contributed by atoms with E-state index in [0.717, 1.165) is 10.2 Å². The molecule has 5 unspecified atom stereocenters. The first-order valence-electron chi connectivity index (χ1n) is 12.2. The molecule has 0 bridgehead atoms. The minimum atomic E-state index is -0.324. The lowest BCUT2D eigenvalue weighted by Gasteiger charge is -2.33. The van der Waals surface area contributed by atoms with Gasteiger partial charge in [-0.25, -0.2) is 4.79 Å². The van der Waals surface area contributed by atoms with Crippen molar-refractivity contribution in [3.05, 3.63) is 52.7 Å². The molecular weight excluding hydrogens is 466 g/mol. The minimum absolute atomic E-state index is 0.324. The highest BCUT2D eigenvalue weighted by atomic mass is 79.9. The average molecular weight is 500 g/mol. The molecule has 32 heavy (non-hydrogen) atoms. The van der Waals surface area contributed by atoms with Gasteiger partial charge in [0.2, 0.25) is 0 Å². The standard InChI is InChI=1S/C26H34BrN3O2/c1-3-30(18-11-5-4-6-12-18)26(31)32-19-15-21-20-13-14-23(28-17-9-7-8-10-17)25(20)29(2)24(21)22(27)16-19/h4-6,11-12,15-17,20-21,23-25,28H,3,7-10,13-14H2,1-2H3. The quantitative estimate of drug-likeness (QED) is 0.585. The van der Waals surface area contributed by atoms with E-state index in [0.29, 0.717) is 48.3 Å². The summed E-state index contributed by atoms with van der Waals surface area (Å²) in [4.78, 5) is 17.2. The number of likely N-dealkylation sites (tertiary alicyclic amines) is 1. The number of ether oxygens (including phenoxy) is 1. The molecule has 1 heterocycles. The number of fused-ring (bicyclic) bond motifs is 3. The van der Waals surface area contributed by atoms with Gasteiger partial charge in [0.05, 0.1) is 0 Å². The predicted octanol–water partition coefficient (Wildman–Crippen LogP) is 5.44. The second kappa shape index (κ2) is 9.32. The fourth-order valence-electron chi connectivity index (χ4n) is 6.58. The molecule has 1 aliphatic heterocycles. The van der Waals surface area contributed by atoms with Crippen LogP contribution in [0, 0.1) is 11.8 Å². The van der Waals surface area contributed by atoms with Crippen LogP contribution in [0.15, 0.2) is 52.7 Å². The van der Waals surface area contributed by atoms with Gasteiger partial charge in [0, 0.05) is 46.8 Å². The van der Waals surface area contributed by atoms with Crippen LogP contribution in [0.25, 0.3) is 0 Å². The Morgan fingerprint density at radius 2 is 1.94 bits per heavy atom. The van der Waals surface area contributed by atoms with Crippen LogP contribution in [0.4, 0.5) is 10.5 Å². The van der Waals surface area contributed by atoms with Crippen molar-refractivity contribution in [1.82, 2.24) is 10.2 Å². The molecule has 172 valence electrons. The number of halogens is 1. The van der Waals surface area contributed by atoms with Crippen molar-refractivity contribution in [2.45, 2.75) is 69.6 Å². The summed E-state index contributed by atoms with van der Waals surface area (Å²) in [6.07, 6.45) is 11.7. The number of para-hydroxylation sites is 1. The number of hydrogen-bond donors (Lipinski definition) is 1. The van der Waals surface area contributed by atoms with Gasteiger partial charge in [0.1, 0.15) is 5.76 Å². The molecule has 1 amide bonds. The lowest BCUT2D eigenvalue weighted by Crippen LogP contribution is -2.49. The first kappa shape index (κ1) is 22.2. The summed E-state index contributed by atoms with van der Waals surface area (Å²) in [5.74, 6) is 1.63. The van der Waals surface area contributed by atoms with Gasteiger partial charge in [0.15, 0.2) is 0 Å². The second-order valence-electron chi connectivity index (χ2n) is 9.72. The first-order chi connectivity index (χ1) is 15.6. The molecule has 4 aliphatic rings. The average Bonchev–Trinajstić information content (AvgIpc) is 3.50. The van der Waals surface area contributed by atoms with Crippen LogP contribution >= 0.6 is 15.9 Å². The Bertz CT molecular complexity index is 896. The second-order valence-corrected chi connectivity index (χ2v) is 10.6. The monoisotopic (exact) mass is 499 g/mol. The number of anilines is 1. The van der Waals surface area contributed by atoms with E-state index in [9.17, 15) is 4.79 Å². The molecule has 1 aromatic carbocycles. The van der Waals surface area contributed by atoms with Crippen LogP contribution in [-0.4, -0.2) is 48.8 Å². The van der Waals surface area contributed by atoms with Gasteiger partial charge in [-0.2, -0.15) is 0 Å². The number of benzene rings is 1. The summed E-state index contributed by atoms with van der Waals surface area (Å²) in [7, 11) is 2.27. The van der Waals surface area contributed by atoms with Crippen LogP contribution < -0.4 is 10.2 Å². The Morgan fingerprint density at radius 3 is 2.66 bits per heavy atom. The molecule has 1 aromatic rings. The molecule has 5 nitrogen and oxygen atoms in total. The molecule has 5 rings (SSSR count). The molecule has 0 aromatic heterocycles. The largest absolute Gasteiger partial charge is 0.419 e. The number of nitrogens with one attached hydrogen (secondary N) is 1. The number of carbonyl (C=O) groups is 1. The lowest BCUT2D eigenvalue weighted by molar-refractivity contribution is 0.184. The maximum atomic E-state index is 13.0. The van der Waals surface area contributed by atoms with E-state index in [4.69, 9.17) is 4.74 Å². The maximum Gasteiger partial charge on any atom is 0.419 e. The smallest absolute Gasteiger partial charge is 0.410 e. The number of amides is 1. The molecule has 3 aliphatic carbocycles. The molecule has 1 saturated heterocycles. The summed E-state index contributed by atoms with van der Waals surface area (Å²) < 4.78 is 7.02. The van der Waals surface area contributed by atoms with E-state index in [1.807, 2.05) is 43.3 Å². The van der Waals surface area contributed by atoms with Crippen molar-refractivity contribution in [3.63, 3.8) is 0 Å². The maximum absolute atomic E-state index is 13.0. The van der Waals surface area contributed by atoms with Crippen LogP contribution in [0.2, 0.25) is 0 Å². The fraction of sp³-hybridized carbons (Fsp3) is 0.577. The minimum Gasteiger partial charge on any atom is -0.410 e. The van der Waals surface area contributed by atoms with Crippen molar-refractivity contribution in [2.24, 2.45) is 11.8 Å². The fourth-order valence-corrected chi connectivity index (χ4v) is 7.44. The Morgan fingerprint density at radius 1 is 1.19 bits per heavy atom. The number of nitrogens with zero attached hydrogens (tertiary/aromatic N) is 2. The van der Waals surface area contributed by atoms with Crippen molar-refractivity contribution in [3.8, 4) is 0 Å². The van der Waals surface area contributed by atoms with Crippen LogP contribution in [0.5, 0.6) is 0 Å². The van der Waals surface area contributed by atoms with Gasteiger partial charge in [-0.3, -0.25) is 9.80 Å². The molecule has 3 fully saturated rings. The zero-order valence-electron chi connectivity index (χ0n) is 19.0. The number of allylic oxidation sites excluding steroid dienone is 1. The summed E-state index contributed by atoms with van der Waals surface area (Å²) >= 11 is 3.83. The van der Waals surface area contributed by atoms with Crippen molar-refractivity contribution < 1.29 is 9.53 Å². The Kier molecular flexibility index (Phi) is 6.46. The predicted molar refractivity (Wildman–Crippen MR) is 132 cm³/mol. The number of rotatable bonds is 5. The van der Waals surface area contributed by atoms with Crippen LogP contribution in [0.1, 0.15) is 45.4 Å². The zero-order chi connectivity index (χ0) is 22.2. The van der Waals surface area contributed by atoms with Gasteiger partial charge >= 0.3 is 6.09 Å². The number of hydrogen-bond acceptors (Lipinski definition) is 4. The zero-order valence-corrected chi connectivity index (χ0v) is 20.6. The van der Waals surface area contributed by atoms with E-state index in [2.05, 4.69) is 39.3 Å². The highest BCUT2D eigenvalue weighted by Gasteiger charge is 2.54. The van der Waals surface area contributed by atoms with E-state index in [-0.39, 0.29) is 6.09 Å². The van der Waals surface area contributed by atoms with Gasteiger partial charge in [0.25, 0.3) is 0 Å². The summed E-state index contributed by atoms with van der Waals surface area (Å²) in [6.45, 7) is 2.53. The van der Waals surface area contributed by atoms with Gasteiger partial charge in [-0.15, -0.1) is 0 Å². The highest BCUT2D eigenvalue weighted by molar-refractivity contribution is 9.11. The van der Waals surface area contributed by atoms with Gasteiger partial charge < -0.3 is 10.1 Å². The lowest BCUT2D eigenvalue weighted by atomic mass is 9.85. The third kappa shape index (κ3) is 4.06. The SMILES string of the molecule is CCN(C(=O)OC1=CC2C3CCC(NC4CCCC4)C3N(C)C2C(Br)=C1)c1ccccc1. The van der Waals surface area contributed by atoms with Crippen LogP contribution in [-0.2, 0) is 4.74 Å². The molecule has 6 heteroatoms. The van der Waals surface area contributed by atoms with Gasteiger partial charge in [-0.1, -0.05) is 47.0 Å². The van der Waals surface area contributed by atoms with Crippen molar-refractivity contribution >= 4 is 27.7 Å². The molecule has 0 radical (unpaired) electrons. The third-order valence-electron chi connectivity index (χ3n) is 7.96. The van der Waals surface area contributed by atoms with E-state index < -0.39 is 0 Å². The van der Waals surface area contributed by atoms with Gasteiger partial charge in [-0.05, 0) is 69.9 Å². The Labute approximate surface area is 200 Å². The molecule has 2 saturated carbocycles. The topological polar surface area (TPSA) is 44.8 Å². The number of likely N-dealkylation sites (N-methyl/N-ethyl adjacent to an activating group) is 1. The normalized spacial score (nSPS) is 32.3. The molecule has 0 spiro atoms. The molecule has 5 atom stereocenters. The van der Waals surface area contributed by atoms with Crippen LogP contribution in [0.3, 0.4) is 0 Å². The summed E-state index contributed by atoms with van der Waals surface area (Å²) in [5.41, 5.74) is 0.856. The third-order valence-corrected chi connectivity index (χ3v) is 8.66. The Balaban J connectivity index is 1.31. The summed E-state index contributed by atoms with van der Waals surface area (Å²) in [5, 5.41) is 4.00. The first-order valence-corrected chi connectivity index (χ1v) is 13.0. The molecular formula is C26H34BrN3O2. The van der Waals surface area contributed by atoms with Crippen molar-refractivity contribution in [1.29, 1.82) is 0 Å². The van der Waals surface area contributed by atoms with Crippen molar-refractivity contribution in [2.75, 3.05) is 18.5 Å². The molecule has 1 N–H and O–H groups in total. The van der Waals surface area contributed by atoms with E-state index >= 15 is 0 Å². The highest BCUT2D eigenvalue weighted by Crippen LogP contribution is 2.50. The van der Waals surface area contributed by atoms with E-state index in [1.54, 1.807) is 4.90 Å². The Hall–Kier alpha value is -1.63. The van der Waals surface area contributed by atoms with E-state index in [1.165, 1.54) is 38.5 Å².